The van der Waals surface area contributed by atoms with Crippen LogP contribution in [0.25, 0.3) is 0 Å². The Balaban J connectivity index is 2.97. The number of carboxylic acid groups (broad SMARTS) is 1. The van der Waals surface area contributed by atoms with Crippen molar-refractivity contribution >= 4 is 23.5 Å². The summed E-state index contributed by atoms with van der Waals surface area (Å²) in [5.74, 6) is -3.18. The van der Waals surface area contributed by atoms with Crippen LogP contribution in [0.3, 0.4) is 0 Å². The molecule has 2 amide bonds. The molecule has 0 heterocycles. The number of hydrogen-bond donors (Lipinski definition) is 3. The van der Waals surface area contributed by atoms with Gasteiger partial charge in [-0.15, -0.1) is 0 Å². The second-order valence-corrected chi connectivity index (χ2v) is 5.05. The predicted octanol–water partition coefficient (Wildman–Crippen LogP) is 2.01. The van der Waals surface area contributed by atoms with Crippen LogP contribution in [0, 0.1) is 11.7 Å². The zero-order valence-corrected chi connectivity index (χ0v) is 12.6. The molecule has 3 N–H and O–H groups in total. The largest absolute Gasteiger partial charge is 0.480 e. The molecule has 7 heteroatoms. The number of carbonyl (C=O) groups excluding carboxylic acids is 2. The van der Waals surface area contributed by atoms with Crippen LogP contribution in [0.5, 0.6) is 0 Å². The van der Waals surface area contributed by atoms with Gasteiger partial charge in [0.05, 0.1) is 5.69 Å². The molecule has 0 unspecified atom stereocenters. The standard InChI is InChI=1S/C15H19FN2O4/c1-4-8(2)13(15(21)22)18-14(20)10-5-6-11(16)12(7-10)17-9(3)19/h5-8,13H,4H2,1-3H3,(H,17,19)(H,18,20)(H,21,22)/t8-,13-/m0/s1. The minimum Gasteiger partial charge on any atom is -0.480 e. The number of nitrogens with one attached hydrogen (secondary N) is 2. The van der Waals surface area contributed by atoms with Gasteiger partial charge >= 0.3 is 5.97 Å². The predicted molar refractivity (Wildman–Crippen MR) is 79.0 cm³/mol. The van der Waals surface area contributed by atoms with E-state index in [0.29, 0.717) is 6.42 Å². The molecule has 0 fully saturated rings. The fourth-order valence-corrected chi connectivity index (χ4v) is 1.86. The molecule has 1 aromatic carbocycles. The monoisotopic (exact) mass is 310 g/mol. The third kappa shape index (κ3) is 4.54. The average molecular weight is 310 g/mol. The van der Waals surface area contributed by atoms with Crippen LogP contribution in [0.1, 0.15) is 37.6 Å². The molecular formula is C15H19FN2O4. The van der Waals surface area contributed by atoms with Gasteiger partial charge in [0.2, 0.25) is 5.91 Å². The van der Waals surface area contributed by atoms with E-state index < -0.39 is 29.6 Å². The van der Waals surface area contributed by atoms with E-state index in [-0.39, 0.29) is 17.2 Å². The first kappa shape index (κ1) is 17.6. The highest BCUT2D eigenvalue weighted by atomic mass is 19.1. The maximum atomic E-state index is 13.5. The van der Waals surface area contributed by atoms with Crippen molar-refractivity contribution in [3.8, 4) is 0 Å². The third-order valence-corrected chi connectivity index (χ3v) is 3.30. The fraction of sp³-hybridized carbons (Fsp3) is 0.400. The maximum absolute atomic E-state index is 13.5. The molecule has 0 saturated heterocycles. The highest BCUT2D eigenvalue weighted by molar-refractivity contribution is 5.98. The summed E-state index contributed by atoms with van der Waals surface area (Å²) in [6.07, 6.45) is 0.581. The molecule has 0 radical (unpaired) electrons. The first-order chi connectivity index (χ1) is 10.3. The summed E-state index contributed by atoms with van der Waals surface area (Å²) < 4.78 is 13.5. The lowest BCUT2D eigenvalue weighted by Gasteiger charge is -2.20. The van der Waals surface area contributed by atoms with E-state index >= 15 is 0 Å². The highest BCUT2D eigenvalue weighted by Gasteiger charge is 2.26. The van der Waals surface area contributed by atoms with E-state index in [1.807, 2.05) is 6.92 Å². The van der Waals surface area contributed by atoms with Gasteiger partial charge in [-0.1, -0.05) is 20.3 Å². The van der Waals surface area contributed by atoms with Crippen molar-refractivity contribution in [2.24, 2.45) is 5.92 Å². The summed E-state index contributed by atoms with van der Waals surface area (Å²) in [7, 11) is 0. The molecule has 0 bridgehead atoms. The molecule has 0 spiro atoms. The number of benzene rings is 1. The smallest absolute Gasteiger partial charge is 0.326 e. The lowest BCUT2D eigenvalue weighted by molar-refractivity contribution is -0.140. The normalized spacial score (nSPS) is 13.1. The second kappa shape index (κ2) is 7.53. The van der Waals surface area contributed by atoms with Crippen LogP contribution >= 0.6 is 0 Å². The van der Waals surface area contributed by atoms with Gasteiger partial charge in [0.25, 0.3) is 5.91 Å². The van der Waals surface area contributed by atoms with E-state index in [1.54, 1.807) is 6.92 Å². The first-order valence-electron chi connectivity index (χ1n) is 6.87. The van der Waals surface area contributed by atoms with Crippen LogP contribution in [-0.4, -0.2) is 28.9 Å². The molecule has 0 aliphatic rings. The Kier molecular flexibility index (Phi) is 6.03. The molecule has 0 aliphatic heterocycles. The Morgan fingerprint density at radius 2 is 1.95 bits per heavy atom. The Morgan fingerprint density at radius 1 is 1.32 bits per heavy atom. The van der Waals surface area contributed by atoms with Crippen LogP contribution < -0.4 is 10.6 Å². The Morgan fingerprint density at radius 3 is 2.45 bits per heavy atom. The Labute approximate surface area is 127 Å². The quantitative estimate of drug-likeness (QED) is 0.749. The Hall–Kier alpha value is -2.44. The SMILES string of the molecule is CC[C@H](C)[C@H](NC(=O)c1ccc(F)c(NC(C)=O)c1)C(=O)O. The first-order valence-corrected chi connectivity index (χ1v) is 6.87. The summed E-state index contributed by atoms with van der Waals surface area (Å²) in [6.45, 7) is 4.75. The number of hydrogen-bond acceptors (Lipinski definition) is 3. The lowest BCUT2D eigenvalue weighted by atomic mass is 9.99. The van der Waals surface area contributed by atoms with Crippen LogP contribution in [-0.2, 0) is 9.59 Å². The number of carboxylic acids is 1. The van der Waals surface area contributed by atoms with Gasteiger partial charge in [-0.25, -0.2) is 9.18 Å². The van der Waals surface area contributed by atoms with Crippen molar-refractivity contribution in [2.45, 2.75) is 33.2 Å². The fourth-order valence-electron chi connectivity index (χ4n) is 1.86. The van der Waals surface area contributed by atoms with Gasteiger partial charge in [0.15, 0.2) is 0 Å². The van der Waals surface area contributed by atoms with Crippen LogP contribution in [0.4, 0.5) is 10.1 Å². The van der Waals surface area contributed by atoms with Crippen LogP contribution in [0.15, 0.2) is 18.2 Å². The van der Waals surface area contributed by atoms with Gasteiger partial charge in [-0.2, -0.15) is 0 Å². The number of amides is 2. The number of aliphatic carboxylic acids is 1. The van der Waals surface area contributed by atoms with Crippen molar-refractivity contribution < 1.29 is 23.9 Å². The molecule has 1 aromatic rings. The molecule has 120 valence electrons. The van der Waals surface area contributed by atoms with E-state index in [0.717, 1.165) is 6.07 Å². The third-order valence-electron chi connectivity index (χ3n) is 3.30. The van der Waals surface area contributed by atoms with Crippen molar-refractivity contribution in [3.05, 3.63) is 29.6 Å². The van der Waals surface area contributed by atoms with Crippen molar-refractivity contribution in [1.29, 1.82) is 0 Å². The number of rotatable bonds is 6. The van der Waals surface area contributed by atoms with Crippen molar-refractivity contribution in [1.82, 2.24) is 5.32 Å². The molecule has 6 nitrogen and oxygen atoms in total. The Bertz CT molecular complexity index is 589. The highest BCUT2D eigenvalue weighted by Crippen LogP contribution is 2.17. The summed E-state index contributed by atoms with van der Waals surface area (Å²) in [4.78, 5) is 34.3. The molecule has 22 heavy (non-hydrogen) atoms. The zero-order valence-electron chi connectivity index (χ0n) is 12.6. The summed E-state index contributed by atoms with van der Waals surface area (Å²) >= 11 is 0. The lowest BCUT2D eigenvalue weighted by Crippen LogP contribution is -2.45. The van der Waals surface area contributed by atoms with Gasteiger partial charge in [-0.05, 0) is 24.1 Å². The van der Waals surface area contributed by atoms with Crippen LogP contribution in [0.2, 0.25) is 0 Å². The second-order valence-electron chi connectivity index (χ2n) is 5.05. The number of anilines is 1. The van der Waals surface area contributed by atoms with Gasteiger partial charge in [0.1, 0.15) is 11.9 Å². The van der Waals surface area contributed by atoms with E-state index in [1.165, 1.54) is 19.1 Å². The zero-order chi connectivity index (χ0) is 16.9. The average Bonchev–Trinajstić information content (AvgIpc) is 2.45. The molecular weight excluding hydrogens is 291 g/mol. The van der Waals surface area contributed by atoms with Gasteiger partial charge in [0, 0.05) is 12.5 Å². The topological polar surface area (TPSA) is 95.5 Å². The molecule has 0 saturated carbocycles. The maximum Gasteiger partial charge on any atom is 0.326 e. The number of carbonyl (C=O) groups is 3. The van der Waals surface area contributed by atoms with E-state index in [2.05, 4.69) is 10.6 Å². The van der Waals surface area contributed by atoms with Crippen molar-refractivity contribution in [2.75, 3.05) is 5.32 Å². The molecule has 1 rings (SSSR count). The van der Waals surface area contributed by atoms with Crippen molar-refractivity contribution in [3.63, 3.8) is 0 Å². The van der Waals surface area contributed by atoms with E-state index in [9.17, 15) is 18.8 Å². The number of halogens is 1. The summed E-state index contributed by atoms with van der Waals surface area (Å²) in [6, 6.07) is 2.40. The minimum absolute atomic E-state index is 0.0692. The van der Waals surface area contributed by atoms with Gasteiger partial charge < -0.3 is 15.7 Å². The molecule has 0 aromatic heterocycles. The minimum atomic E-state index is -1.13. The summed E-state index contributed by atoms with van der Waals surface area (Å²) in [5.41, 5.74) is -0.0599. The molecule has 0 aliphatic carbocycles. The summed E-state index contributed by atoms with van der Waals surface area (Å²) in [5, 5.41) is 13.8. The van der Waals surface area contributed by atoms with E-state index in [4.69, 9.17) is 5.11 Å². The molecule has 2 atom stereocenters. The van der Waals surface area contributed by atoms with Gasteiger partial charge in [-0.3, -0.25) is 9.59 Å².